The van der Waals surface area contributed by atoms with Crippen LogP contribution in [0.1, 0.15) is 53.0 Å². The Morgan fingerprint density at radius 2 is 1.95 bits per heavy atom. The Labute approximate surface area is 134 Å². The highest BCUT2D eigenvalue weighted by molar-refractivity contribution is 6.30. The van der Waals surface area contributed by atoms with Gasteiger partial charge in [0, 0.05) is 6.04 Å². The third-order valence-corrected chi connectivity index (χ3v) is 4.56. The van der Waals surface area contributed by atoms with E-state index in [1.807, 2.05) is 6.07 Å². The molecule has 120 valence electrons. The van der Waals surface area contributed by atoms with Gasteiger partial charge in [-0.2, -0.15) is 0 Å². The lowest BCUT2D eigenvalue weighted by Crippen LogP contribution is -2.35. The Morgan fingerprint density at radius 1 is 1.29 bits per heavy atom. The highest BCUT2D eigenvalue weighted by Crippen LogP contribution is 2.30. The van der Waals surface area contributed by atoms with Crippen molar-refractivity contribution in [3.8, 4) is 0 Å². The van der Waals surface area contributed by atoms with E-state index in [0.717, 1.165) is 31.4 Å². The van der Waals surface area contributed by atoms with Gasteiger partial charge in [-0.05, 0) is 54.8 Å². The van der Waals surface area contributed by atoms with E-state index in [2.05, 4.69) is 39.9 Å². The normalized spacial score (nSPS) is 15.0. The number of halogens is 2. The maximum absolute atomic E-state index is 13.3. The zero-order valence-corrected chi connectivity index (χ0v) is 14.7. The molecule has 1 N–H and O–H groups in total. The second-order valence-electron chi connectivity index (χ2n) is 7.11. The minimum atomic E-state index is -0.346. The molecule has 1 rings (SSSR count). The molecule has 1 aromatic carbocycles. The first kappa shape index (κ1) is 18.4. The fraction of sp³-hybridized carbons (Fsp3) is 0.667. The van der Waals surface area contributed by atoms with Crippen LogP contribution in [0.2, 0.25) is 5.02 Å². The van der Waals surface area contributed by atoms with E-state index in [0.29, 0.717) is 17.4 Å². The molecule has 0 saturated heterocycles. The number of nitrogens with one attached hydrogen (secondary N) is 1. The van der Waals surface area contributed by atoms with Crippen molar-refractivity contribution in [3.63, 3.8) is 0 Å². The van der Waals surface area contributed by atoms with Gasteiger partial charge in [0.1, 0.15) is 5.82 Å². The Balaban J connectivity index is 2.75. The number of rotatable bonds is 7. The smallest absolute Gasteiger partial charge is 0.141 e. The second-order valence-corrected chi connectivity index (χ2v) is 7.51. The second kappa shape index (κ2) is 8.14. The summed E-state index contributed by atoms with van der Waals surface area (Å²) in [5, 5.41) is 3.83. The average Bonchev–Trinajstić information content (AvgIpc) is 2.39. The molecule has 0 amide bonds. The maximum Gasteiger partial charge on any atom is 0.141 e. The molecule has 1 nitrogen and oxygen atoms in total. The summed E-state index contributed by atoms with van der Waals surface area (Å²) in [6, 6.07) is 5.45. The molecule has 0 aliphatic carbocycles. The molecule has 2 atom stereocenters. The van der Waals surface area contributed by atoms with Crippen LogP contribution in [0.15, 0.2) is 18.2 Å². The summed E-state index contributed by atoms with van der Waals surface area (Å²) in [5.74, 6) is 0.268. The van der Waals surface area contributed by atoms with Crippen molar-refractivity contribution < 1.29 is 4.39 Å². The van der Waals surface area contributed by atoms with Gasteiger partial charge in [-0.1, -0.05) is 52.3 Å². The van der Waals surface area contributed by atoms with E-state index in [-0.39, 0.29) is 10.8 Å². The summed E-state index contributed by atoms with van der Waals surface area (Å²) >= 11 is 5.88. The van der Waals surface area contributed by atoms with Crippen LogP contribution in [0.4, 0.5) is 4.39 Å². The van der Waals surface area contributed by atoms with Gasteiger partial charge in [0.2, 0.25) is 0 Å². The maximum atomic E-state index is 13.3. The predicted molar refractivity (Wildman–Crippen MR) is 90.4 cm³/mol. The lowest BCUT2D eigenvalue weighted by Gasteiger charge is -2.31. The lowest BCUT2D eigenvalue weighted by atomic mass is 9.78. The van der Waals surface area contributed by atoms with Gasteiger partial charge >= 0.3 is 0 Å². The number of benzene rings is 1. The third kappa shape index (κ3) is 6.36. The molecule has 0 spiro atoms. The molecular formula is C18H29ClFN. The molecule has 3 heteroatoms. The fourth-order valence-corrected chi connectivity index (χ4v) is 2.52. The molecule has 0 aliphatic heterocycles. The van der Waals surface area contributed by atoms with Crippen LogP contribution >= 0.6 is 11.6 Å². The van der Waals surface area contributed by atoms with Crippen LogP contribution in [0.25, 0.3) is 0 Å². The Morgan fingerprint density at radius 3 is 2.48 bits per heavy atom. The van der Waals surface area contributed by atoms with Gasteiger partial charge < -0.3 is 5.32 Å². The molecule has 0 heterocycles. The summed E-state index contributed by atoms with van der Waals surface area (Å²) in [4.78, 5) is 0. The lowest BCUT2D eigenvalue weighted by molar-refractivity contribution is 0.222. The van der Waals surface area contributed by atoms with Gasteiger partial charge in [-0.15, -0.1) is 0 Å². The van der Waals surface area contributed by atoms with Crippen molar-refractivity contribution in [2.24, 2.45) is 11.3 Å². The Hall–Kier alpha value is -0.600. The van der Waals surface area contributed by atoms with Gasteiger partial charge in [-0.25, -0.2) is 4.39 Å². The molecule has 2 unspecified atom stereocenters. The van der Waals surface area contributed by atoms with E-state index in [4.69, 9.17) is 11.6 Å². The highest BCUT2D eigenvalue weighted by atomic mass is 35.5. The highest BCUT2D eigenvalue weighted by Gasteiger charge is 2.23. The zero-order valence-electron chi connectivity index (χ0n) is 14.0. The van der Waals surface area contributed by atoms with Gasteiger partial charge in [0.15, 0.2) is 0 Å². The summed E-state index contributed by atoms with van der Waals surface area (Å²) < 4.78 is 13.3. The van der Waals surface area contributed by atoms with Crippen molar-refractivity contribution in [2.45, 2.75) is 59.9 Å². The molecule has 21 heavy (non-hydrogen) atoms. The number of hydrogen-bond donors (Lipinski definition) is 1. The van der Waals surface area contributed by atoms with Crippen LogP contribution in [0.3, 0.4) is 0 Å². The molecule has 0 fully saturated rings. The summed E-state index contributed by atoms with van der Waals surface area (Å²) in [5.41, 5.74) is 1.39. The summed E-state index contributed by atoms with van der Waals surface area (Å²) in [6.07, 6.45) is 3.11. The van der Waals surface area contributed by atoms with Crippen LogP contribution in [0.5, 0.6) is 0 Å². The summed E-state index contributed by atoms with van der Waals surface area (Å²) in [7, 11) is 0. The number of hydrogen-bond acceptors (Lipinski definition) is 1. The minimum Gasteiger partial charge on any atom is -0.314 e. The molecular weight excluding hydrogens is 285 g/mol. The van der Waals surface area contributed by atoms with Crippen LogP contribution in [-0.4, -0.2) is 12.6 Å². The third-order valence-electron chi connectivity index (χ3n) is 4.27. The van der Waals surface area contributed by atoms with E-state index >= 15 is 0 Å². The van der Waals surface area contributed by atoms with Crippen LogP contribution < -0.4 is 5.32 Å². The zero-order chi connectivity index (χ0) is 16.0. The van der Waals surface area contributed by atoms with Crippen molar-refractivity contribution in [3.05, 3.63) is 34.6 Å². The van der Waals surface area contributed by atoms with Crippen molar-refractivity contribution in [1.29, 1.82) is 0 Å². The van der Waals surface area contributed by atoms with E-state index in [1.54, 1.807) is 6.07 Å². The first-order valence-corrected chi connectivity index (χ1v) is 8.29. The van der Waals surface area contributed by atoms with E-state index in [1.165, 1.54) is 6.07 Å². The molecule has 1 aromatic rings. The average molecular weight is 314 g/mol. The van der Waals surface area contributed by atoms with Crippen molar-refractivity contribution in [1.82, 2.24) is 5.32 Å². The Bertz CT molecular complexity index is 439. The van der Waals surface area contributed by atoms with Gasteiger partial charge in [0.25, 0.3) is 0 Å². The topological polar surface area (TPSA) is 12.0 Å². The monoisotopic (exact) mass is 313 g/mol. The quantitative estimate of drug-likeness (QED) is 0.704. The van der Waals surface area contributed by atoms with Crippen LogP contribution in [0, 0.1) is 17.2 Å². The SMILES string of the molecule is CCCNC(Cc1ccc(F)c(Cl)c1)CC(C)C(C)(C)C. The van der Waals surface area contributed by atoms with Crippen molar-refractivity contribution in [2.75, 3.05) is 6.54 Å². The molecule has 0 bridgehead atoms. The minimum absolute atomic E-state index is 0.214. The van der Waals surface area contributed by atoms with Crippen molar-refractivity contribution >= 4 is 11.6 Å². The summed E-state index contributed by atoms with van der Waals surface area (Å²) in [6.45, 7) is 12.3. The van der Waals surface area contributed by atoms with E-state index < -0.39 is 0 Å². The first-order chi connectivity index (χ1) is 9.74. The molecule has 0 aliphatic rings. The standard InChI is InChI=1S/C18H29ClFN/c1-6-9-21-15(10-13(2)18(3,4)5)11-14-7-8-17(20)16(19)12-14/h7-8,12-13,15,21H,6,9-11H2,1-5H3. The Kier molecular flexibility index (Phi) is 7.15. The molecule has 0 saturated carbocycles. The molecule has 0 aromatic heterocycles. The van der Waals surface area contributed by atoms with Crippen LogP contribution in [-0.2, 0) is 6.42 Å². The van der Waals surface area contributed by atoms with Gasteiger partial charge in [0.05, 0.1) is 5.02 Å². The van der Waals surface area contributed by atoms with Gasteiger partial charge in [-0.3, -0.25) is 0 Å². The molecule has 0 radical (unpaired) electrons. The fourth-order valence-electron chi connectivity index (χ4n) is 2.32. The van der Waals surface area contributed by atoms with E-state index in [9.17, 15) is 4.39 Å². The first-order valence-electron chi connectivity index (χ1n) is 7.91. The predicted octanol–water partition coefficient (Wildman–Crippen LogP) is 5.46. The largest absolute Gasteiger partial charge is 0.314 e.